The van der Waals surface area contributed by atoms with E-state index in [0.29, 0.717) is 23.8 Å². The zero-order valence-electron chi connectivity index (χ0n) is 15.7. The van der Waals surface area contributed by atoms with Gasteiger partial charge in [-0.15, -0.1) is 0 Å². The van der Waals surface area contributed by atoms with E-state index in [1.807, 2.05) is 54.9 Å². The van der Waals surface area contributed by atoms with Crippen LogP contribution in [-0.2, 0) is 11.2 Å². The van der Waals surface area contributed by atoms with Crippen molar-refractivity contribution in [3.05, 3.63) is 54.7 Å². The number of rotatable bonds is 6. The topological polar surface area (TPSA) is 98.7 Å². The molecule has 0 aliphatic rings. The number of aromatic nitrogens is 5. The highest BCUT2D eigenvalue weighted by Crippen LogP contribution is 2.19. The first-order valence-corrected chi connectivity index (χ1v) is 9.11. The van der Waals surface area contributed by atoms with Gasteiger partial charge in [-0.05, 0) is 19.9 Å². The van der Waals surface area contributed by atoms with Gasteiger partial charge in [-0.3, -0.25) is 4.79 Å². The van der Waals surface area contributed by atoms with Crippen LogP contribution in [0.25, 0.3) is 22.4 Å². The van der Waals surface area contributed by atoms with E-state index in [0.717, 1.165) is 16.6 Å². The van der Waals surface area contributed by atoms with Crippen molar-refractivity contribution in [2.75, 3.05) is 5.32 Å². The highest BCUT2D eigenvalue weighted by atomic mass is 16.5. The van der Waals surface area contributed by atoms with Crippen LogP contribution in [0.5, 0.6) is 0 Å². The molecular formula is C20H20N6O2. The van der Waals surface area contributed by atoms with Crippen LogP contribution < -0.4 is 5.32 Å². The Morgan fingerprint density at radius 1 is 1.21 bits per heavy atom. The Bertz CT molecular complexity index is 1100. The second kappa shape index (κ2) is 7.59. The van der Waals surface area contributed by atoms with Gasteiger partial charge in [0.15, 0.2) is 5.65 Å². The van der Waals surface area contributed by atoms with E-state index < -0.39 is 0 Å². The second-order valence-electron chi connectivity index (χ2n) is 6.75. The Morgan fingerprint density at radius 2 is 2.04 bits per heavy atom. The Hall–Kier alpha value is -3.55. The minimum absolute atomic E-state index is 0.142. The van der Waals surface area contributed by atoms with Crippen molar-refractivity contribution in [2.24, 2.45) is 0 Å². The molecule has 1 aromatic carbocycles. The average molecular weight is 376 g/mol. The van der Waals surface area contributed by atoms with Crippen molar-refractivity contribution in [1.82, 2.24) is 24.9 Å². The maximum absolute atomic E-state index is 12.3. The first-order valence-electron chi connectivity index (χ1n) is 9.11. The highest BCUT2D eigenvalue weighted by Gasteiger charge is 2.12. The molecule has 0 saturated carbocycles. The zero-order chi connectivity index (χ0) is 19.5. The molecule has 0 fully saturated rings. The molecule has 8 heteroatoms. The van der Waals surface area contributed by atoms with Gasteiger partial charge < -0.3 is 9.84 Å². The van der Waals surface area contributed by atoms with Crippen LogP contribution in [-0.4, -0.2) is 30.8 Å². The molecule has 4 rings (SSSR count). The van der Waals surface area contributed by atoms with E-state index in [4.69, 9.17) is 4.52 Å². The molecule has 1 amide bonds. The summed E-state index contributed by atoms with van der Waals surface area (Å²) in [6, 6.07) is 11.7. The molecule has 3 aromatic heterocycles. The van der Waals surface area contributed by atoms with Crippen LogP contribution in [0.15, 0.2) is 53.3 Å². The number of carbonyl (C=O) groups excluding carboxylic acids is 1. The molecule has 0 atom stereocenters. The number of aryl methyl sites for hydroxylation is 1. The van der Waals surface area contributed by atoms with Crippen molar-refractivity contribution < 1.29 is 9.32 Å². The fourth-order valence-electron chi connectivity index (χ4n) is 2.89. The van der Waals surface area contributed by atoms with E-state index in [9.17, 15) is 4.79 Å². The third-order valence-corrected chi connectivity index (χ3v) is 4.27. The number of amides is 1. The molecule has 0 spiro atoms. The number of carbonyl (C=O) groups is 1. The van der Waals surface area contributed by atoms with Crippen LogP contribution in [0.3, 0.4) is 0 Å². The van der Waals surface area contributed by atoms with Gasteiger partial charge in [-0.1, -0.05) is 35.5 Å². The van der Waals surface area contributed by atoms with E-state index >= 15 is 0 Å². The summed E-state index contributed by atoms with van der Waals surface area (Å²) in [6.45, 7) is 4.09. The molecule has 0 saturated heterocycles. The van der Waals surface area contributed by atoms with Gasteiger partial charge in [-0.2, -0.15) is 10.1 Å². The van der Waals surface area contributed by atoms with Gasteiger partial charge in [0.1, 0.15) is 0 Å². The molecule has 4 aromatic rings. The zero-order valence-corrected chi connectivity index (χ0v) is 15.7. The molecule has 0 unspecified atom stereocenters. The Balaban J connectivity index is 1.37. The molecule has 142 valence electrons. The SMILES string of the molecule is CC(C)n1ncc2cc(NC(=O)CCc3nc(-c4ccccc4)no3)cnc21. The molecule has 0 bridgehead atoms. The molecule has 28 heavy (non-hydrogen) atoms. The minimum atomic E-state index is -0.142. The summed E-state index contributed by atoms with van der Waals surface area (Å²) in [6.07, 6.45) is 3.99. The van der Waals surface area contributed by atoms with Crippen molar-refractivity contribution in [1.29, 1.82) is 0 Å². The third-order valence-electron chi connectivity index (χ3n) is 4.27. The third kappa shape index (κ3) is 3.75. The number of hydrogen-bond donors (Lipinski definition) is 1. The van der Waals surface area contributed by atoms with Gasteiger partial charge in [-0.25, -0.2) is 9.67 Å². The van der Waals surface area contributed by atoms with Gasteiger partial charge in [0.25, 0.3) is 0 Å². The lowest BCUT2D eigenvalue weighted by atomic mass is 10.2. The lowest BCUT2D eigenvalue weighted by Gasteiger charge is -2.07. The number of nitrogens with zero attached hydrogens (tertiary/aromatic N) is 5. The van der Waals surface area contributed by atoms with Crippen LogP contribution in [0.1, 0.15) is 32.2 Å². The first kappa shape index (κ1) is 17.8. The number of pyridine rings is 1. The van der Waals surface area contributed by atoms with Crippen molar-refractivity contribution in [2.45, 2.75) is 32.7 Å². The van der Waals surface area contributed by atoms with Crippen LogP contribution in [0.2, 0.25) is 0 Å². The van der Waals surface area contributed by atoms with Crippen molar-refractivity contribution in [3.8, 4) is 11.4 Å². The maximum Gasteiger partial charge on any atom is 0.227 e. The number of benzene rings is 1. The van der Waals surface area contributed by atoms with E-state index in [-0.39, 0.29) is 18.4 Å². The summed E-state index contributed by atoms with van der Waals surface area (Å²) in [5, 5.41) is 12.0. The predicted octanol–water partition coefficient (Wildman–Crippen LogP) is 3.63. The summed E-state index contributed by atoms with van der Waals surface area (Å²) < 4.78 is 7.09. The van der Waals surface area contributed by atoms with E-state index in [2.05, 4.69) is 25.5 Å². The van der Waals surface area contributed by atoms with Gasteiger partial charge in [0, 0.05) is 29.8 Å². The first-order chi connectivity index (χ1) is 13.6. The molecule has 8 nitrogen and oxygen atoms in total. The normalized spacial score (nSPS) is 11.2. The number of anilines is 1. The van der Waals surface area contributed by atoms with Crippen molar-refractivity contribution >= 4 is 22.6 Å². The monoisotopic (exact) mass is 376 g/mol. The van der Waals surface area contributed by atoms with Crippen LogP contribution >= 0.6 is 0 Å². The maximum atomic E-state index is 12.3. The lowest BCUT2D eigenvalue weighted by molar-refractivity contribution is -0.116. The molecule has 3 heterocycles. The molecular weight excluding hydrogens is 356 g/mol. The summed E-state index contributed by atoms with van der Waals surface area (Å²) in [7, 11) is 0. The Labute approximate surface area is 161 Å². The molecule has 0 radical (unpaired) electrons. The average Bonchev–Trinajstić information content (AvgIpc) is 3.34. The van der Waals surface area contributed by atoms with Gasteiger partial charge >= 0.3 is 0 Å². The number of nitrogens with one attached hydrogen (secondary N) is 1. The largest absolute Gasteiger partial charge is 0.339 e. The number of hydrogen-bond acceptors (Lipinski definition) is 6. The summed E-state index contributed by atoms with van der Waals surface area (Å²) >= 11 is 0. The van der Waals surface area contributed by atoms with Gasteiger partial charge in [0.05, 0.1) is 18.1 Å². The van der Waals surface area contributed by atoms with Crippen LogP contribution in [0, 0.1) is 0 Å². The summed E-state index contributed by atoms with van der Waals surface area (Å²) in [5.41, 5.74) is 2.31. The van der Waals surface area contributed by atoms with Gasteiger partial charge in [0.2, 0.25) is 17.6 Å². The summed E-state index contributed by atoms with van der Waals surface area (Å²) in [4.78, 5) is 21.0. The molecule has 0 aliphatic heterocycles. The lowest BCUT2D eigenvalue weighted by Crippen LogP contribution is -2.12. The standard InChI is InChI=1S/C20H20N6O2/c1-13(2)26-20-15(11-22-26)10-16(12-21-20)23-17(27)8-9-18-24-19(25-28-18)14-6-4-3-5-7-14/h3-7,10-13H,8-9H2,1-2H3,(H,23,27). The fourth-order valence-corrected chi connectivity index (χ4v) is 2.89. The van der Waals surface area contributed by atoms with E-state index in [1.54, 1.807) is 12.4 Å². The summed E-state index contributed by atoms with van der Waals surface area (Å²) in [5.74, 6) is 0.811. The van der Waals surface area contributed by atoms with E-state index in [1.165, 1.54) is 0 Å². The fraction of sp³-hybridized carbons (Fsp3) is 0.250. The predicted molar refractivity (Wildman–Crippen MR) is 105 cm³/mol. The minimum Gasteiger partial charge on any atom is -0.339 e. The molecule has 0 aliphatic carbocycles. The van der Waals surface area contributed by atoms with Crippen LogP contribution in [0.4, 0.5) is 5.69 Å². The van der Waals surface area contributed by atoms with Crippen molar-refractivity contribution in [3.63, 3.8) is 0 Å². The highest BCUT2D eigenvalue weighted by molar-refractivity contribution is 5.92. The quantitative estimate of drug-likeness (QED) is 0.552. The Morgan fingerprint density at radius 3 is 2.82 bits per heavy atom. The smallest absolute Gasteiger partial charge is 0.227 e. The number of fused-ring (bicyclic) bond motifs is 1. The Kier molecular flexibility index (Phi) is 4.84. The second-order valence-corrected chi connectivity index (χ2v) is 6.75. The molecule has 1 N–H and O–H groups in total.